The Kier molecular flexibility index (Phi) is 4.58. The van der Waals surface area contributed by atoms with Gasteiger partial charge >= 0.3 is 0 Å². The smallest absolute Gasteiger partial charge is 0.262 e. The molecule has 0 aliphatic rings. The maximum atomic E-state index is 12.7. The third kappa shape index (κ3) is 3.96. The second-order valence-corrected chi connectivity index (χ2v) is 4.66. The fourth-order valence-electron chi connectivity index (χ4n) is 1.55. The molecular weight excluding hydrogens is 281 g/mol. The van der Waals surface area contributed by atoms with Crippen molar-refractivity contribution < 1.29 is 13.9 Å². The summed E-state index contributed by atoms with van der Waals surface area (Å²) in [6.45, 7) is 1.72. The molecule has 104 valence electrons. The minimum atomic E-state index is -0.351. The summed E-state index contributed by atoms with van der Waals surface area (Å²) in [6, 6.07) is 10.7. The molecule has 5 heteroatoms. The summed E-state index contributed by atoms with van der Waals surface area (Å²) in [5, 5.41) is 3.25. The lowest BCUT2D eigenvalue weighted by Crippen LogP contribution is -2.20. The average molecular weight is 294 g/mol. The van der Waals surface area contributed by atoms with E-state index in [0.717, 1.165) is 5.56 Å². The van der Waals surface area contributed by atoms with E-state index in [2.05, 4.69) is 5.32 Å². The highest BCUT2D eigenvalue weighted by Gasteiger charge is 2.05. The largest absolute Gasteiger partial charge is 0.484 e. The van der Waals surface area contributed by atoms with Crippen LogP contribution in [0, 0.1) is 12.7 Å². The van der Waals surface area contributed by atoms with Crippen molar-refractivity contribution in [2.24, 2.45) is 0 Å². The van der Waals surface area contributed by atoms with Crippen molar-refractivity contribution in [1.29, 1.82) is 0 Å². The van der Waals surface area contributed by atoms with Gasteiger partial charge in [0, 0.05) is 10.7 Å². The van der Waals surface area contributed by atoms with Crippen LogP contribution < -0.4 is 10.1 Å². The van der Waals surface area contributed by atoms with Gasteiger partial charge in [-0.1, -0.05) is 17.7 Å². The van der Waals surface area contributed by atoms with Crippen LogP contribution in [-0.2, 0) is 4.79 Å². The Hall–Kier alpha value is -2.07. The summed E-state index contributed by atoms with van der Waals surface area (Å²) in [7, 11) is 0. The first-order valence-electron chi connectivity index (χ1n) is 5.99. The molecular formula is C15H13ClFNO2. The zero-order valence-electron chi connectivity index (χ0n) is 10.8. The summed E-state index contributed by atoms with van der Waals surface area (Å²) in [4.78, 5) is 11.7. The molecule has 2 rings (SSSR count). The maximum Gasteiger partial charge on any atom is 0.262 e. The Balaban J connectivity index is 1.89. The van der Waals surface area contributed by atoms with E-state index in [1.54, 1.807) is 12.1 Å². The first-order valence-corrected chi connectivity index (χ1v) is 6.37. The van der Waals surface area contributed by atoms with E-state index in [-0.39, 0.29) is 18.3 Å². The molecule has 3 nitrogen and oxygen atoms in total. The van der Waals surface area contributed by atoms with Gasteiger partial charge in [0.15, 0.2) is 6.61 Å². The molecule has 0 spiro atoms. The first kappa shape index (κ1) is 14.3. The molecule has 0 saturated carbocycles. The van der Waals surface area contributed by atoms with E-state index >= 15 is 0 Å². The average Bonchev–Trinajstić information content (AvgIpc) is 2.42. The Morgan fingerprint density at radius 1 is 1.25 bits per heavy atom. The predicted octanol–water partition coefficient (Wildman–Crippen LogP) is 3.81. The number of aryl methyl sites for hydroxylation is 1. The van der Waals surface area contributed by atoms with E-state index in [0.29, 0.717) is 16.5 Å². The van der Waals surface area contributed by atoms with Crippen LogP contribution in [0.15, 0.2) is 42.5 Å². The highest BCUT2D eigenvalue weighted by Crippen LogP contribution is 2.20. The number of hydrogen-bond donors (Lipinski definition) is 1. The fourth-order valence-corrected chi connectivity index (χ4v) is 1.73. The van der Waals surface area contributed by atoms with Gasteiger partial charge in [0.2, 0.25) is 0 Å². The molecule has 0 aromatic heterocycles. The molecule has 20 heavy (non-hydrogen) atoms. The topological polar surface area (TPSA) is 38.3 Å². The monoisotopic (exact) mass is 293 g/mol. The molecule has 2 aromatic rings. The normalized spacial score (nSPS) is 10.2. The second-order valence-electron chi connectivity index (χ2n) is 4.25. The lowest BCUT2D eigenvalue weighted by Gasteiger charge is -2.08. The Morgan fingerprint density at radius 3 is 2.60 bits per heavy atom. The number of benzene rings is 2. The van der Waals surface area contributed by atoms with Gasteiger partial charge in [-0.3, -0.25) is 4.79 Å². The predicted molar refractivity (Wildman–Crippen MR) is 76.7 cm³/mol. The van der Waals surface area contributed by atoms with Crippen molar-refractivity contribution >= 4 is 23.2 Å². The van der Waals surface area contributed by atoms with Gasteiger partial charge in [0.25, 0.3) is 5.91 Å². The van der Waals surface area contributed by atoms with Crippen molar-refractivity contribution in [3.8, 4) is 5.75 Å². The lowest BCUT2D eigenvalue weighted by atomic mass is 10.2. The number of amides is 1. The Labute approximate surface area is 121 Å². The summed E-state index contributed by atoms with van der Waals surface area (Å²) in [6.07, 6.45) is 0. The third-order valence-corrected chi connectivity index (χ3v) is 3.05. The van der Waals surface area contributed by atoms with Crippen molar-refractivity contribution in [2.75, 3.05) is 11.9 Å². The molecule has 0 aliphatic heterocycles. The minimum absolute atomic E-state index is 0.156. The zero-order valence-corrected chi connectivity index (χ0v) is 11.6. The number of rotatable bonds is 4. The summed E-state index contributed by atoms with van der Waals surface area (Å²) in [5.74, 6) is -0.228. The Bertz CT molecular complexity index is 614. The van der Waals surface area contributed by atoms with Gasteiger partial charge in [0.05, 0.1) is 0 Å². The number of carbonyl (C=O) groups is 1. The van der Waals surface area contributed by atoms with E-state index in [1.807, 2.05) is 13.0 Å². The molecule has 0 aliphatic carbocycles. The van der Waals surface area contributed by atoms with Crippen LogP contribution in [-0.4, -0.2) is 12.5 Å². The third-order valence-electron chi connectivity index (χ3n) is 2.64. The molecule has 1 N–H and O–H groups in total. The van der Waals surface area contributed by atoms with Crippen LogP contribution >= 0.6 is 11.6 Å². The Morgan fingerprint density at radius 2 is 1.95 bits per heavy atom. The van der Waals surface area contributed by atoms with Crippen LogP contribution in [0.4, 0.5) is 10.1 Å². The molecule has 0 heterocycles. The molecule has 0 radical (unpaired) electrons. The molecule has 0 fully saturated rings. The SMILES string of the molecule is Cc1ccc(NC(=O)COc2ccc(F)cc2)cc1Cl. The number of carbonyl (C=O) groups excluding carboxylic acids is 1. The van der Waals surface area contributed by atoms with Crippen LogP contribution in [0.1, 0.15) is 5.56 Å². The lowest BCUT2D eigenvalue weighted by molar-refractivity contribution is -0.118. The van der Waals surface area contributed by atoms with Crippen LogP contribution in [0.5, 0.6) is 5.75 Å². The number of halogens is 2. The number of ether oxygens (including phenoxy) is 1. The molecule has 0 saturated heterocycles. The summed E-state index contributed by atoms with van der Waals surface area (Å²) < 4.78 is 17.9. The van der Waals surface area contributed by atoms with Gasteiger partial charge in [0.1, 0.15) is 11.6 Å². The molecule has 1 amide bonds. The van der Waals surface area contributed by atoms with Crippen molar-refractivity contribution in [3.05, 3.63) is 58.9 Å². The molecule has 0 unspecified atom stereocenters. The highest BCUT2D eigenvalue weighted by atomic mass is 35.5. The van der Waals surface area contributed by atoms with Crippen molar-refractivity contribution in [2.45, 2.75) is 6.92 Å². The van der Waals surface area contributed by atoms with Gasteiger partial charge < -0.3 is 10.1 Å². The van der Waals surface area contributed by atoms with Crippen molar-refractivity contribution in [3.63, 3.8) is 0 Å². The maximum absolute atomic E-state index is 12.7. The van der Waals surface area contributed by atoms with Crippen LogP contribution in [0.2, 0.25) is 5.02 Å². The van der Waals surface area contributed by atoms with Gasteiger partial charge in [-0.15, -0.1) is 0 Å². The quantitative estimate of drug-likeness (QED) is 0.931. The highest BCUT2D eigenvalue weighted by molar-refractivity contribution is 6.31. The molecule has 0 atom stereocenters. The summed E-state index contributed by atoms with van der Waals surface area (Å²) in [5.41, 5.74) is 1.54. The van der Waals surface area contributed by atoms with E-state index in [4.69, 9.17) is 16.3 Å². The summed E-state index contributed by atoms with van der Waals surface area (Å²) >= 11 is 5.97. The van der Waals surface area contributed by atoms with Crippen LogP contribution in [0.25, 0.3) is 0 Å². The van der Waals surface area contributed by atoms with Crippen molar-refractivity contribution in [1.82, 2.24) is 0 Å². The minimum Gasteiger partial charge on any atom is -0.484 e. The van der Waals surface area contributed by atoms with Gasteiger partial charge in [-0.25, -0.2) is 4.39 Å². The van der Waals surface area contributed by atoms with Gasteiger partial charge in [-0.2, -0.15) is 0 Å². The number of nitrogens with one attached hydrogen (secondary N) is 1. The zero-order chi connectivity index (χ0) is 14.5. The fraction of sp³-hybridized carbons (Fsp3) is 0.133. The number of anilines is 1. The van der Waals surface area contributed by atoms with E-state index in [1.165, 1.54) is 24.3 Å². The second kappa shape index (κ2) is 6.39. The van der Waals surface area contributed by atoms with E-state index in [9.17, 15) is 9.18 Å². The molecule has 2 aromatic carbocycles. The standard InChI is InChI=1S/C15H13ClFNO2/c1-10-2-5-12(8-14(10)16)18-15(19)9-20-13-6-3-11(17)4-7-13/h2-8H,9H2,1H3,(H,18,19). The van der Waals surface area contributed by atoms with E-state index < -0.39 is 0 Å². The van der Waals surface area contributed by atoms with Crippen LogP contribution in [0.3, 0.4) is 0 Å². The number of hydrogen-bond acceptors (Lipinski definition) is 2. The first-order chi connectivity index (χ1) is 9.54. The van der Waals surface area contributed by atoms with Gasteiger partial charge in [-0.05, 0) is 48.9 Å². The molecule has 0 bridgehead atoms.